The highest BCUT2D eigenvalue weighted by Gasteiger charge is 2.30. The molecule has 0 amide bonds. The van der Waals surface area contributed by atoms with E-state index >= 15 is 0 Å². The van der Waals surface area contributed by atoms with E-state index in [1.54, 1.807) is 0 Å². The number of aromatic amines is 1. The van der Waals surface area contributed by atoms with Gasteiger partial charge >= 0.3 is 0 Å². The van der Waals surface area contributed by atoms with E-state index in [1.807, 2.05) is 0 Å². The maximum absolute atomic E-state index is 12.0. The summed E-state index contributed by atoms with van der Waals surface area (Å²) < 4.78 is 0.623. The molecule has 0 bridgehead atoms. The fourth-order valence-corrected chi connectivity index (χ4v) is 3.31. The molecule has 6 heteroatoms. The molecule has 5 nitrogen and oxygen atoms in total. The summed E-state index contributed by atoms with van der Waals surface area (Å²) in [6, 6.07) is 0.421. The second-order valence-corrected chi connectivity index (χ2v) is 6.88. The summed E-state index contributed by atoms with van der Waals surface area (Å²) in [4.78, 5) is 24.3. The van der Waals surface area contributed by atoms with Gasteiger partial charge in [-0.1, -0.05) is 0 Å². The number of piperazine rings is 1. The molecule has 0 radical (unpaired) electrons. The molecule has 2 aliphatic rings. The molecule has 1 aromatic heterocycles. The van der Waals surface area contributed by atoms with Gasteiger partial charge in [0.15, 0.2) is 0 Å². The third-order valence-electron chi connectivity index (χ3n) is 4.31. The molecule has 2 fully saturated rings. The van der Waals surface area contributed by atoms with Gasteiger partial charge in [0.05, 0.1) is 5.69 Å². The summed E-state index contributed by atoms with van der Waals surface area (Å²) in [5, 5.41) is 0. The number of nitrogens with one attached hydrogen (secondary N) is 1. The van der Waals surface area contributed by atoms with Gasteiger partial charge in [0.2, 0.25) is 0 Å². The van der Waals surface area contributed by atoms with Crippen molar-refractivity contribution in [2.75, 3.05) is 33.7 Å². The minimum Gasteiger partial charge on any atom is -0.310 e. The normalized spacial score (nSPS) is 25.1. The monoisotopic (exact) mass is 340 g/mol. The molecule has 1 saturated heterocycles. The first-order chi connectivity index (χ1) is 9.54. The maximum atomic E-state index is 12.0. The minimum atomic E-state index is -0.0382. The van der Waals surface area contributed by atoms with Gasteiger partial charge in [-0.3, -0.25) is 4.79 Å². The van der Waals surface area contributed by atoms with Crippen LogP contribution in [0, 0.1) is 0 Å². The highest BCUT2D eigenvalue weighted by atomic mass is 79.9. The first-order valence-corrected chi connectivity index (χ1v) is 8.01. The van der Waals surface area contributed by atoms with Crippen LogP contribution in [0.15, 0.2) is 9.27 Å². The number of hydrogen-bond acceptors (Lipinski definition) is 4. The van der Waals surface area contributed by atoms with Crippen molar-refractivity contribution in [3.63, 3.8) is 0 Å². The van der Waals surface area contributed by atoms with Crippen LogP contribution in [0.1, 0.15) is 30.3 Å². The van der Waals surface area contributed by atoms with E-state index in [0.29, 0.717) is 16.4 Å². The minimum absolute atomic E-state index is 0.0382. The lowest BCUT2D eigenvalue weighted by atomic mass is 10.1. The summed E-state index contributed by atoms with van der Waals surface area (Å²) >= 11 is 3.38. The SMILES string of the molecule is CN1CCN(C)C(Cc2nc(C3CC3)c(Br)c(=O)[nH]2)C1. The first kappa shape index (κ1) is 14.2. The Morgan fingerprint density at radius 2 is 2.10 bits per heavy atom. The van der Waals surface area contributed by atoms with E-state index in [2.05, 4.69) is 44.8 Å². The molecule has 0 aromatic carbocycles. The van der Waals surface area contributed by atoms with Gasteiger partial charge in [-0.25, -0.2) is 4.98 Å². The highest BCUT2D eigenvalue weighted by molar-refractivity contribution is 9.10. The van der Waals surface area contributed by atoms with Crippen LogP contribution in [-0.4, -0.2) is 59.5 Å². The fraction of sp³-hybridized carbons (Fsp3) is 0.714. The van der Waals surface area contributed by atoms with Crippen LogP contribution in [0.2, 0.25) is 0 Å². The number of likely N-dealkylation sites (N-methyl/N-ethyl adjacent to an activating group) is 2. The summed E-state index contributed by atoms with van der Waals surface area (Å²) in [5.41, 5.74) is 0.916. The Kier molecular flexibility index (Phi) is 3.97. The number of rotatable bonds is 3. The van der Waals surface area contributed by atoms with E-state index in [0.717, 1.165) is 50.4 Å². The van der Waals surface area contributed by atoms with Crippen molar-refractivity contribution in [3.8, 4) is 0 Å². The molecule has 1 aliphatic carbocycles. The topological polar surface area (TPSA) is 52.2 Å². The molecular formula is C14H21BrN4O. The zero-order valence-electron chi connectivity index (χ0n) is 12.0. The second-order valence-electron chi connectivity index (χ2n) is 6.09. The average Bonchev–Trinajstić information content (AvgIpc) is 3.22. The van der Waals surface area contributed by atoms with E-state index < -0.39 is 0 Å². The zero-order valence-corrected chi connectivity index (χ0v) is 13.6. The van der Waals surface area contributed by atoms with Crippen LogP contribution < -0.4 is 5.56 Å². The Hall–Kier alpha value is -0.720. The third-order valence-corrected chi connectivity index (χ3v) is 5.08. The molecule has 1 saturated carbocycles. The van der Waals surface area contributed by atoms with Crippen LogP contribution in [-0.2, 0) is 6.42 Å². The van der Waals surface area contributed by atoms with Gasteiger partial charge < -0.3 is 14.8 Å². The fourth-order valence-electron chi connectivity index (χ4n) is 2.79. The van der Waals surface area contributed by atoms with E-state index in [1.165, 1.54) is 0 Å². The molecule has 1 aliphatic heterocycles. The summed E-state index contributed by atoms with van der Waals surface area (Å²) in [7, 11) is 4.30. The lowest BCUT2D eigenvalue weighted by molar-refractivity contribution is 0.113. The van der Waals surface area contributed by atoms with Crippen LogP contribution >= 0.6 is 15.9 Å². The molecule has 1 unspecified atom stereocenters. The second kappa shape index (κ2) is 5.58. The number of nitrogens with zero attached hydrogens (tertiary/aromatic N) is 3. The van der Waals surface area contributed by atoms with Crippen molar-refractivity contribution in [2.45, 2.75) is 31.2 Å². The molecule has 1 aromatic rings. The molecule has 20 heavy (non-hydrogen) atoms. The van der Waals surface area contributed by atoms with Gasteiger partial charge in [0, 0.05) is 38.0 Å². The van der Waals surface area contributed by atoms with Crippen LogP contribution in [0.5, 0.6) is 0 Å². The summed E-state index contributed by atoms with van der Waals surface area (Å²) in [6.45, 7) is 3.19. The van der Waals surface area contributed by atoms with Gasteiger partial charge in [0.1, 0.15) is 10.3 Å². The van der Waals surface area contributed by atoms with Crippen molar-refractivity contribution in [1.29, 1.82) is 0 Å². The van der Waals surface area contributed by atoms with Crippen LogP contribution in [0.4, 0.5) is 0 Å². The van der Waals surface area contributed by atoms with Gasteiger partial charge in [0.25, 0.3) is 5.56 Å². The average molecular weight is 341 g/mol. The van der Waals surface area contributed by atoms with Gasteiger partial charge in [-0.05, 0) is 42.9 Å². The van der Waals surface area contributed by atoms with E-state index in [-0.39, 0.29) is 5.56 Å². The van der Waals surface area contributed by atoms with E-state index in [9.17, 15) is 4.79 Å². The molecule has 110 valence electrons. The van der Waals surface area contributed by atoms with Crippen molar-refractivity contribution >= 4 is 15.9 Å². The number of aromatic nitrogens is 2. The van der Waals surface area contributed by atoms with Crippen LogP contribution in [0.25, 0.3) is 0 Å². The molecule has 2 heterocycles. The summed E-state index contributed by atoms with van der Waals surface area (Å²) in [5.74, 6) is 1.31. The number of hydrogen-bond donors (Lipinski definition) is 1. The van der Waals surface area contributed by atoms with E-state index in [4.69, 9.17) is 4.98 Å². The lowest BCUT2D eigenvalue weighted by Gasteiger charge is -2.37. The predicted octanol–water partition coefficient (Wildman–Crippen LogP) is 1.20. The highest BCUT2D eigenvalue weighted by Crippen LogP contribution is 2.41. The van der Waals surface area contributed by atoms with Crippen molar-refractivity contribution in [1.82, 2.24) is 19.8 Å². The van der Waals surface area contributed by atoms with Gasteiger partial charge in [-0.2, -0.15) is 0 Å². The first-order valence-electron chi connectivity index (χ1n) is 7.22. The standard InChI is InChI=1S/C14H21BrN4O/c1-18-5-6-19(2)10(8-18)7-11-16-13(9-3-4-9)12(15)14(20)17-11/h9-10H,3-8H2,1-2H3,(H,16,17,20). The Morgan fingerprint density at radius 1 is 1.35 bits per heavy atom. The third kappa shape index (κ3) is 2.97. The Bertz CT molecular complexity index is 555. The summed E-state index contributed by atoms with van der Waals surface area (Å²) in [6.07, 6.45) is 3.12. The molecule has 1 N–H and O–H groups in total. The van der Waals surface area contributed by atoms with Crippen molar-refractivity contribution < 1.29 is 0 Å². The lowest BCUT2D eigenvalue weighted by Crippen LogP contribution is -2.51. The van der Waals surface area contributed by atoms with Crippen LogP contribution in [0.3, 0.4) is 0 Å². The Balaban J connectivity index is 1.81. The number of halogens is 1. The predicted molar refractivity (Wildman–Crippen MR) is 82.2 cm³/mol. The molecule has 1 atom stereocenters. The quantitative estimate of drug-likeness (QED) is 0.898. The molecule has 0 spiro atoms. The Morgan fingerprint density at radius 3 is 2.80 bits per heavy atom. The largest absolute Gasteiger partial charge is 0.310 e. The maximum Gasteiger partial charge on any atom is 0.265 e. The molecule has 3 rings (SSSR count). The zero-order chi connectivity index (χ0) is 14.3. The smallest absolute Gasteiger partial charge is 0.265 e. The van der Waals surface area contributed by atoms with Crippen molar-refractivity contribution in [3.05, 3.63) is 26.3 Å². The number of H-pyrrole nitrogens is 1. The molecular weight excluding hydrogens is 320 g/mol. The van der Waals surface area contributed by atoms with Gasteiger partial charge in [-0.15, -0.1) is 0 Å². The Labute approximate surface area is 127 Å². The van der Waals surface area contributed by atoms with Crippen molar-refractivity contribution in [2.24, 2.45) is 0 Å².